The molecule has 1 N–H and O–H groups in total. The summed E-state index contributed by atoms with van der Waals surface area (Å²) in [6, 6.07) is 5.04. The van der Waals surface area contributed by atoms with Gasteiger partial charge in [-0.15, -0.1) is 0 Å². The molecule has 0 radical (unpaired) electrons. The van der Waals surface area contributed by atoms with Gasteiger partial charge in [0.05, 0.1) is 11.0 Å². The van der Waals surface area contributed by atoms with E-state index in [9.17, 15) is 13.5 Å². The molecule has 1 aliphatic rings. The van der Waals surface area contributed by atoms with Crippen molar-refractivity contribution in [2.45, 2.75) is 24.8 Å². The van der Waals surface area contributed by atoms with E-state index in [1.807, 2.05) is 0 Å². The van der Waals surface area contributed by atoms with Crippen LogP contribution in [0.5, 0.6) is 0 Å². The fourth-order valence-corrected chi connectivity index (χ4v) is 3.27. The molecule has 1 heterocycles. The first-order valence-electron chi connectivity index (χ1n) is 4.67. The lowest BCUT2D eigenvalue weighted by Crippen LogP contribution is -1.97. The number of aliphatic hydroxyl groups excluding tert-OH is 1. The number of aliphatic hydroxyl groups is 1. The number of sulfone groups is 1. The van der Waals surface area contributed by atoms with Crippen molar-refractivity contribution in [1.29, 1.82) is 0 Å². The first-order chi connectivity index (χ1) is 6.92. The predicted molar refractivity (Wildman–Crippen MR) is 57.9 cm³/mol. The predicted octanol–water partition coefficient (Wildman–Crippen LogP) is 1.89. The third-order valence-electron chi connectivity index (χ3n) is 2.55. The van der Waals surface area contributed by atoms with Gasteiger partial charge in [-0.3, -0.25) is 0 Å². The zero-order valence-corrected chi connectivity index (χ0v) is 9.38. The molecule has 3 nitrogen and oxygen atoms in total. The van der Waals surface area contributed by atoms with E-state index >= 15 is 0 Å². The fraction of sp³-hybridized carbons (Fsp3) is 0.273. The van der Waals surface area contributed by atoms with Gasteiger partial charge in [0, 0.05) is 5.41 Å². The lowest BCUT2D eigenvalue weighted by atomic mass is 10.0. The second-order valence-corrected chi connectivity index (χ2v) is 5.54. The molecule has 0 amide bonds. The van der Waals surface area contributed by atoms with E-state index in [2.05, 4.69) is 0 Å². The average molecular weight is 224 g/mol. The molecule has 0 bridgehead atoms. The molecule has 0 spiro atoms. The molecule has 4 heteroatoms. The lowest BCUT2D eigenvalue weighted by molar-refractivity contribution is 0.199. The smallest absolute Gasteiger partial charge is 0.200 e. The van der Waals surface area contributed by atoms with Crippen LogP contribution >= 0.6 is 0 Å². The maximum atomic E-state index is 11.7. The van der Waals surface area contributed by atoms with Crippen molar-refractivity contribution in [3.8, 4) is 0 Å². The number of benzene rings is 1. The van der Waals surface area contributed by atoms with Crippen molar-refractivity contribution in [1.82, 2.24) is 0 Å². The Kier molecular flexibility index (Phi) is 2.20. The molecule has 80 valence electrons. The fourth-order valence-electron chi connectivity index (χ4n) is 1.72. The molecule has 1 aromatic rings. The monoisotopic (exact) mass is 224 g/mol. The molecule has 0 aromatic heterocycles. The molecule has 0 fully saturated rings. The van der Waals surface area contributed by atoms with Crippen molar-refractivity contribution >= 4 is 15.4 Å². The van der Waals surface area contributed by atoms with Crippen molar-refractivity contribution in [3.63, 3.8) is 0 Å². The molecule has 0 saturated heterocycles. The van der Waals surface area contributed by atoms with Gasteiger partial charge in [-0.2, -0.15) is 0 Å². The highest BCUT2D eigenvalue weighted by atomic mass is 32.2. The van der Waals surface area contributed by atoms with E-state index in [1.54, 1.807) is 32.0 Å². The van der Waals surface area contributed by atoms with E-state index in [0.29, 0.717) is 10.5 Å². The highest BCUT2D eigenvalue weighted by Gasteiger charge is 2.25. The van der Waals surface area contributed by atoms with Gasteiger partial charge < -0.3 is 5.11 Å². The minimum absolute atomic E-state index is 0.304. The largest absolute Gasteiger partial charge is 0.389 e. The molecule has 1 atom stereocenters. The van der Waals surface area contributed by atoms with Crippen LogP contribution in [0.2, 0.25) is 0 Å². The van der Waals surface area contributed by atoms with Crippen LogP contribution in [-0.4, -0.2) is 13.5 Å². The Bertz CT molecular complexity index is 539. The summed E-state index contributed by atoms with van der Waals surface area (Å²) in [6.07, 6.45) is -0.647. The number of allylic oxidation sites excluding steroid dienone is 1. The van der Waals surface area contributed by atoms with Crippen LogP contribution in [0, 0.1) is 0 Å². The molecule has 1 unspecified atom stereocenters. The van der Waals surface area contributed by atoms with E-state index in [0.717, 1.165) is 11.1 Å². The highest BCUT2D eigenvalue weighted by molar-refractivity contribution is 7.95. The van der Waals surface area contributed by atoms with E-state index in [-0.39, 0.29) is 0 Å². The van der Waals surface area contributed by atoms with Gasteiger partial charge in [0.15, 0.2) is 0 Å². The van der Waals surface area contributed by atoms with Crippen molar-refractivity contribution in [2.75, 3.05) is 0 Å². The first-order valence-corrected chi connectivity index (χ1v) is 6.22. The van der Waals surface area contributed by atoms with Crippen LogP contribution in [0.4, 0.5) is 0 Å². The van der Waals surface area contributed by atoms with Crippen LogP contribution in [0.25, 0.3) is 5.57 Å². The van der Waals surface area contributed by atoms with Crippen molar-refractivity contribution in [2.24, 2.45) is 0 Å². The van der Waals surface area contributed by atoms with Crippen LogP contribution in [0.15, 0.2) is 28.5 Å². The Balaban J connectivity index is 2.68. The maximum Gasteiger partial charge on any atom is 0.200 e. The number of hydrogen-bond donors (Lipinski definition) is 1. The molecular weight excluding hydrogens is 212 g/mol. The molecule has 2 rings (SSSR count). The van der Waals surface area contributed by atoms with E-state index < -0.39 is 15.9 Å². The lowest BCUT2D eigenvalue weighted by Gasteiger charge is -2.07. The topological polar surface area (TPSA) is 54.4 Å². The van der Waals surface area contributed by atoms with Gasteiger partial charge in [-0.25, -0.2) is 8.42 Å². The summed E-state index contributed by atoms with van der Waals surface area (Å²) in [5, 5.41) is 10.6. The van der Waals surface area contributed by atoms with Gasteiger partial charge in [0.25, 0.3) is 0 Å². The minimum atomic E-state index is -3.28. The minimum Gasteiger partial charge on any atom is -0.389 e. The first kappa shape index (κ1) is 10.4. The summed E-state index contributed by atoms with van der Waals surface area (Å²) in [5.74, 6) is 0. The van der Waals surface area contributed by atoms with E-state index in [1.165, 1.54) is 5.41 Å². The Labute approximate surface area is 89.0 Å². The number of rotatable bonds is 1. The summed E-state index contributed by atoms with van der Waals surface area (Å²) >= 11 is 0. The van der Waals surface area contributed by atoms with Crippen molar-refractivity contribution in [3.05, 3.63) is 34.7 Å². The maximum absolute atomic E-state index is 11.7. The second-order valence-electron chi connectivity index (χ2n) is 3.78. The summed E-state index contributed by atoms with van der Waals surface area (Å²) in [6.45, 7) is 3.38. The van der Waals surface area contributed by atoms with Crippen LogP contribution in [0.1, 0.15) is 31.1 Å². The van der Waals surface area contributed by atoms with Gasteiger partial charge in [-0.05, 0) is 36.6 Å². The highest BCUT2D eigenvalue weighted by Crippen LogP contribution is 2.34. The summed E-state index contributed by atoms with van der Waals surface area (Å²) in [7, 11) is -3.28. The normalized spacial score (nSPS) is 19.5. The third-order valence-corrected chi connectivity index (χ3v) is 4.17. The third kappa shape index (κ3) is 1.60. The number of fused-ring (bicyclic) bond motifs is 1. The molecule has 15 heavy (non-hydrogen) atoms. The Morgan fingerprint density at radius 2 is 2.00 bits per heavy atom. The SMILES string of the molecule is CC1=CS(=O)(=O)c2cc(C(C)O)ccc21. The Hall–Kier alpha value is -1.13. The molecular formula is C11H12O3S. The average Bonchev–Trinajstić information content (AvgIpc) is 2.37. The molecule has 0 saturated carbocycles. The number of hydrogen-bond acceptors (Lipinski definition) is 3. The quantitative estimate of drug-likeness (QED) is 0.792. The summed E-state index contributed by atoms with van der Waals surface area (Å²) in [5.41, 5.74) is 2.11. The van der Waals surface area contributed by atoms with Crippen LogP contribution < -0.4 is 0 Å². The van der Waals surface area contributed by atoms with Gasteiger partial charge in [-0.1, -0.05) is 12.1 Å². The molecule has 1 aromatic carbocycles. The summed E-state index contributed by atoms with van der Waals surface area (Å²) < 4.78 is 23.4. The standard InChI is InChI=1S/C11H12O3S/c1-7-6-15(13,14)11-5-9(8(2)12)3-4-10(7)11/h3-6,8,12H,1-2H3. The van der Waals surface area contributed by atoms with Gasteiger partial charge >= 0.3 is 0 Å². The van der Waals surface area contributed by atoms with E-state index in [4.69, 9.17) is 0 Å². The van der Waals surface area contributed by atoms with Gasteiger partial charge in [0.1, 0.15) is 0 Å². The van der Waals surface area contributed by atoms with Crippen LogP contribution in [0.3, 0.4) is 0 Å². The zero-order valence-electron chi connectivity index (χ0n) is 8.56. The Morgan fingerprint density at radius 1 is 1.33 bits per heavy atom. The van der Waals surface area contributed by atoms with Crippen LogP contribution in [-0.2, 0) is 9.84 Å². The second kappa shape index (κ2) is 3.18. The zero-order chi connectivity index (χ0) is 11.2. The summed E-state index contributed by atoms with van der Waals surface area (Å²) in [4.78, 5) is 0.304. The van der Waals surface area contributed by atoms with Crippen molar-refractivity contribution < 1.29 is 13.5 Å². The van der Waals surface area contributed by atoms with Gasteiger partial charge in [0.2, 0.25) is 9.84 Å². The molecule has 1 aliphatic heterocycles. The molecule has 0 aliphatic carbocycles. The Morgan fingerprint density at radius 3 is 2.60 bits per heavy atom.